The Kier molecular flexibility index (Phi) is 3.96. The van der Waals surface area contributed by atoms with E-state index in [0.29, 0.717) is 12.6 Å². The minimum Gasteiger partial charge on any atom is -0.389 e. The van der Waals surface area contributed by atoms with E-state index in [1.54, 1.807) is 0 Å². The van der Waals surface area contributed by atoms with Gasteiger partial charge in [-0.25, -0.2) is 0 Å². The van der Waals surface area contributed by atoms with E-state index in [0.717, 1.165) is 11.8 Å². The molecular formula is C12H25NO. The smallest absolute Gasteiger partial charge is 0.0715 e. The summed E-state index contributed by atoms with van der Waals surface area (Å²) >= 11 is 0. The van der Waals surface area contributed by atoms with Crippen LogP contribution in [0.4, 0.5) is 0 Å². The second-order valence-corrected chi connectivity index (χ2v) is 5.40. The fourth-order valence-electron chi connectivity index (χ4n) is 2.49. The molecule has 1 saturated carbocycles. The Morgan fingerprint density at radius 2 is 2.00 bits per heavy atom. The van der Waals surface area contributed by atoms with Crippen molar-refractivity contribution in [3.05, 3.63) is 0 Å². The van der Waals surface area contributed by atoms with Crippen molar-refractivity contribution in [2.24, 2.45) is 11.8 Å². The summed E-state index contributed by atoms with van der Waals surface area (Å²) in [6, 6.07) is 0.617. The topological polar surface area (TPSA) is 32.3 Å². The average molecular weight is 199 g/mol. The zero-order valence-electron chi connectivity index (χ0n) is 10.0. The monoisotopic (exact) mass is 199 g/mol. The molecule has 0 saturated heterocycles. The Balaban J connectivity index is 2.33. The van der Waals surface area contributed by atoms with Crippen LogP contribution in [0.25, 0.3) is 0 Å². The SMILES string of the molecule is CCC1CCC(NCC(C)(C)O)C1C. The highest BCUT2D eigenvalue weighted by atomic mass is 16.3. The molecule has 0 bridgehead atoms. The molecular weight excluding hydrogens is 174 g/mol. The van der Waals surface area contributed by atoms with Crippen molar-refractivity contribution in [1.82, 2.24) is 5.32 Å². The molecule has 0 amide bonds. The second-order valence-electron chi connectivity index (χ2n) is 5.40. The van der Waals surface area contributed by atoms with Gasteiger partial charge in [0.2, 0.25) is 0 Å². The summed E-state index contributed by atoms with van der Waals surface area (Å²) in [7, 11) is 0. The average Bonchev–Trinajstić information content (AvgIpc) is 2.42. The normalized spacial score (nSPS) is 33.6. The first-order chi connectivity index (χ1) is 6.44. The molecule has 14 heavy (non-hydrogen) atoms. The molecule has 3 unspecified atom stereocenters. The highest BCUT2D eigenvalue weighted by molar-refractivity contribution is 4.87. The van der Waals surface area contributed by atoms with Gasteiger partial charge in [0.05, 0.1) is 5.60 Å². The third-order valence-electron chi connectivity index (χ3n) is 3.55. The molecule has 2 nitrogen and oxygen atoms in total. The lowest BCUT2D eigenvalue weighted by Crippen LogP contribution is -2.42. The third-order valence-corrected chi connectivity index (χ3v) is 3.55. The van der Waals surface area contributed by atoms with E-state index in [2.05, 4.69) is 19.2 Å². The van der Waals surface area contributed by atoms with E-state index in [1.165, 1.54) is 19.3 Å². The molecule has 2 heteroatoms. The summed E-state index contributed by atoms with van der Waals surface area (Å²) in [4.78, 5) is 0. The lowest BCUT2D eigenvalue weighted by molar-refractivity contribution is 0.0744. The molecule has 2 N–H and O–H groups in total. The number of hydrogen-bond acceptors (Lipinski definition) is 2. The summed E-state index contributed by atoms with van der Waals surface area (Å²) < 4.78 is 0. The quantitative estimate of drug-likeness (QED) is 0.727. The molecule has 1 fully saturated rings. The first kappa shape index (κ1) is 12.0. The molecule has 0 spiro atoms. The predicted octanol–water partition coefficient (Wildman–Crippen LogP) is 2.17. The highest BCUT2D eigenvalue weighted by Gasteiger charge is 2.31. The van der Waals surface area contributed by atoms with Crippen LogP contribution in [-0.4, -0.2) is 23.3 Å². The molecule has 0 aliphatic heterocycles. The summed E-state index contributed by atoms with van der Waals surface area (Å²) in [5, 5.41) is 13.1. The van der Waals surface area contributed by atoms with Gasteiger partial charge in [-0.15, -0.1) is 0 Å². The molecule has 1 rings (SSSR count). The minimum absolute atomic E-state index is 0.579. The van der Waals surface area contributed by atoms with Crippen LogP contribution in [0.1, 0.15) is 47.0 Å². The zero-order chi connectivity index (χ0) is 10.8. The van der Waals surface area contributed by atoms with Gasteiger partial charge in [0.25, 0.3) is 0 Å². The molecule has 0 radical (unpaired) electrons. The first-order valence-electron chi connectivity index (χ1n) is 5.90. The van der Waals surface area contributed by atoms with E-state index >= 15 is 0 Å². The van der Waals surface area contributed by atoms with Crippen molar-refractivity contribution in [1.29, 1.82) is 0 Å². The molecule has 1 aliphatic rings. The van der Waals surface area contributed by atoms with E-state index in [1.807, 2.05) is 13.8 Å². The van der Waals surface area contributed by atoms with Crippen molar-refractivity contribution in [2.75, 3.05) is 6.54 Å². The van der Waals surface area contributed by atoms with Crippen molar-refractivity contribution < 1.29 is 5.11 Å². The summed E-state index contributed by atoms with van der Waals surface area (Å²) in [5.74, 6) is 1.65. The molecule has 0 aromatic carbocycles. The first-order valence-corrected chi connectivity index (χ1v) is 5.90. The van der Waals surface area contributed by atoms with Gasteiger partial charge >= 0.3 is 0 Å². The summed E-state index contributed by atoms with van der Waals surface area (Å²) in [5.41, 5.74) is -0.579. The van der Waals surface area contributed by atoms with Crippen molar-refractivity contribution >= 4 is 0 Å². The third kappa shape index (κ3) is 3.25. The van der Waals surface area contributed by atoms with Crippen LogP contribution in [0.2, 0.25) is 0 Å². The Bertz CT molecular complexity index is 174. The zero-order valence-corrected chi connectivity index (χ0v) is 10.0. The summed E-state index contributed by atoms with van der Waals surface area (Å²) in [6.45, 7) is 9.04. The van der Waals surface area contributed by atoms with Gasteiger partial charge in [-0.3, -0.25) is 0 Å². The lowest BCUT2D eigenvalue weighted by Gasteiger charge is -2.25. The van der Waals surface area contributed by atoms with Crippen LogP contribution >= 0.6 is 0 Å². The van der Waals surface area contributed by atoms with Crippen molar-refractivity contribution in [3.8, 4) is 0 Å². The van der Waals surface area contributed by atoms with E-state index < -0.39 is 5.60 Å². The number of nitrogens with one attached hydrogen (secondary N) is 1. The lowest BCUT2D eigenvalue weighted by atomic mass is 9.93. The van der Waals surface area contributed by atoms with E-state index in [4.69, 9.17) is 0 Å². The molecule has 0 heterocycles. The molecule has 84 valence electrons. The van der Waals surface area contributed by atoms with Gasteiger partial charge < -0.3 is 10.4 Å². The standard InChI is InChI=1S/C12H25NO/c1-5-10-6-7-11(9(10)2)13-8-12(3,4)14/h9-11,13-14H,5-8H2,1-4H3. The number of aliphatic hydroxyl groups is 1. The van der Waals surface area contributed by atoms with Gasteiger partial charge in [0.15, 0.2) is 0 Å². The van der Waals surface area contributed by atoms with Gasteiger partial charge in [0.1, 0.15) is 0 Å². The molecule has 0 aromatic heterocycles. The molecule has 1 aliphatic carbocycles. The number of rotatable bonds is 4. The van der Waals surface area contributed by atoms with E-state index in [-0.39, 0.29) is 0 Å². The van der Waals surface area contributed by atoms with Crippen LogP contribution < -0.4 is 5.32 Å². The van der Waals surface area contributed by atoms with E-state index in [9.17, 15) is 5.11 Å². The Labute approximate surface area is 88.1 Å². The maximum Gasteiger partial charge on any atom is 0.0715 e. The Hall–Kier alpha value is -0.0800. The Morgan fingerprint density at radius 1 is 1.36 bits per heavy atom. The van der Waals surface area contributed by atoms with Gasteiger partial charge in [-0.1, -0.05) is 20.3 Å². The maximum atomic E-state index is 9.62. The van der Waals surface area contributed by atoms with Gasteiger partial charge in [0, 0.05) is 12.6 Å². The van der Waals surface area contributed by atoms with Crippen LogP contribution in [-0.2, 0) is 0 Å². The van der Waals surface area contributed by atoms with Crippen LogP contribution in [0.5, 0.6) is 0 Å². The maximum absolute atomic E-state index is 9.62. The van der Waals surface area contributed by atoms with Crippen LogP contribution in [0.3, 0.4) is 0 Å². The van der Waals surface area contributed by atoms with Crippen molar-refractivity contribution in [3.63, 3.8) is 0 Å². The second kappa shape index (κ2) is 4.63. The van der Waals surface area contributed by atoms with Crippen molar-refractivity contribution in [2.45, 2.75) is 58.6 Å². The fraction of sp³-hybridized carbons (Fsp3) is 1.00. The summed E-state index contributed by atoms with van der Waals surface area (Å²) in [6.07, 6.45) is 3.92. The fourth-order valence-corrected chi connectivity index (χ4v) is 2.49. The number of hydrogen-bond donors (Lipinski definition) is 2. The highest BCUT2D eigenvalue weighted by Crippen LogP contribution is 2.33. The predicted molar refractivity (Wildman–Crippen MR) is 60.3 cm³/mol. The van der Waals surface area contributed by atoms with Crippen LogP contribution in [0.15, 0.2) is 0 Å². The largest absolute Gasteiger partial charge is 0.389 e. The van der Waals surface area contributed by atoms with Gasteiger partial charge in [-0.05, 0) is 38.5 Å². The van der Waals surface area contributed by atoms with Gasteiger partial charge in [-0.2, -0.15) is 0 Å². The molecule has 0 aromatic rings. The Morgan fingerprint density at radius 3 is 2.43 bits per heavy atom. The molecule has 3 atom stereocenters. The van der Waals surface area contributed by atoms with Crippen LogP contribution in [0, 0.1) is 11.8 Å². The minimum atomic E-state index is -0.579.